The van der Waals surface area contributed by atoms with E-state index in [0.29, 0.717) is 0 Å². The van der Waals surface area contributed by atoms with E-state index in [9.17, 15) is 0 Å². The van der Waals surface area contributed by atoms with Crippen LogP contribution in [0.2, 0.25) is 0 Å². The number of rotatable bonds is 0. The van der Waals surface area contributed by atoms with Gasteiger partial charge in [-0.2, -0.15) is 0 Å². The van der Waals surface area contributed by atoms with Gasteiger partial charge in [0.15, 0.2) is 0 Å². The summed E-state index contributed by atoms with van der Waals surface area (Å²) in [6, 6.07) is 0. The van der Waals surface area contributed by atoms with Gasteiger partial charge >= 0.3 is 80.9 Å². The van der Waals surface area contributed by atoms with Crippen LogP contribution in [0, 0.1) is 0 Å². The smallest absolute Gasteiger partial charge is 1.00 e. The second-order valence-corrected chi connectivity index (χ2v) is 0.408. The summed E-state index contributed by atoms with van der Waals surface area (Å²) < 4.78 is 0. The predicted octanol–water partition coefficient (Wildman–Crippen LogP) is -4.57. The molecule has 0 radical (unpaired) electrons. The summed E-state index contributed by atoms with van der Waals surface area (Å²) >= 11 is 0. The first-order chi connectivity index (χ1) is 1.41. The number of hydrogen-bond donors (Lipinski definition) is 0. The average molecular weight is 106 g/mol. The van der Waals surface area contributed by atoms with Crippen LogP contribution in [0.5, 0.6) is 0 Å². The summed E-state index contributed by atoms with van der Waals surface area (Å²) in [4.78, 5) is 0. The van der Waals surface area contributed by atoms with Crippen LogP contribution in [-0.4, -0.2) is 0 Å². The molecule has 0 aromatic carbocycles. The summed E-state index contributed by atoms with van der Waals surface area (Å²) in [6.07, 6.45) is 1.75. The molecule has 0 atom stereocenters. The topological polar surface area (TPSA) is 0 Å². The van der Waals surface area contributed by atoms with Gasteiger partial charge in [-0.1, -0.05) is 6.08 Å². The molecular formula is C3H8KNa. The molecule has 0 aromatic rings. The van der Waals surface area contributed by atoms with Gasteiger partial charge in [0.25, 0.3) is 0 Å². The van der Waals surface area contributed by atoms with Crippen LogP contribution in [0.1, 0.15) is 9.78 Å². The maximum Gasteiger partial charge on any atom is 1.00 e. The molecular weight excluding hydrogens is 98.1 g/mol. The molecule has 0 aliphatic carbocycles. The Bertz CT molecular complexity index is 20.4. The van der Waals surface area contributed by atoms with Gasteiger partial charge in [0.05, 0.1) is 0 Å². The summed E-state index contributed by atoms with van der Waals surface area (Å²) in [6.45, 7) is 5.25. The molecule has 0 saturated carbocycles. The van der Waals surface area contributed by atoms with Crippen molar-refractivity contribution in [2.75, 3.05) is 0 Å². The molecule has 0 spiro atoms. The summed E-state index contributed by atoms with van der Waals surface area (Å²) in [5, 5.41) is 0. The van der Waals surface area contributed by atoms with Crippen molar-refractivity contribution in [3.8, 4) is 0 Å². The van der Waals surface area contributed by atoms with Gasteiger partial charge < -0.3 is 2.85 Å². The van der Waals surface area contributed by atoms with E-state index < -0.39 is 0 Å². The quantitative estimate of drug-likeness (QED) is 0.215. The molecule has 0 aliphatic rings. The third-order valence-corrected chi connectivity index (χ3v) is 0. The Balaban J connectivity index is -0.00000000333. The van der Waals surface area contributed by atoms with Gasteiger partial charge in [0.2, 0.25) is 0 Å². The van der Waals surface area contributed by atoms with E-state index in [4.69, 9.17) is 0 Å². The molecule has 0 fully saturated rings. The maximum absolute atomic E-state index is 3.36. The van der Waals surface area contributed by atoms with Crippen LogP contribution in [0.3, 0.4) is 0 Å². The van der Waals surface area contributed by atoms with Gasteiger partial charge in [0.1, 0.15) is 0 Å². The second-order valence-electron chi connectivity index (χ2n) is 0.408. The largest absolute Gasteiger partial charge is 1.00 e. The molecule has 0 N–H and O–H groups in total. The Morgan fingerprint density at radius 1 is 1.80 bits per heavy atom. The first-order valence-electron chi connectivity index (χ1n) is 0.986. The van der Waals surface area contributed by atoms with Gasteiger partial charge in [-0.15, -0.1) is 6.58 Å². The van der Waals surface area contributed by atoms with Crippen molar-refractivity contribution >= 4 is 0 Å². The van der Waals surface area contributed by atoms with Crippen molar-refractivity contribution in [3.05, 3.63) is 12.7 Å². The molecule has 0 amide bonds. The van der Waals surface area contributed by atoms with E-state index in [1.807, 2.05) is 6.92 Å². The SMILES string of the molecule is C=CC.[H-].[H-].[K+].[Na+]. The molecule has 22 valence electrons. The summed E-state index contributed by atoms with van der Waals surface area (Å²) in [5.41, 5.74) is 0. The molecule has 0 aliphatic heterocycles. The Hall–Kier alpha value is 2.38. The summed E-state index contributed by atoms with van der Waals surface area (Å²) in [5.74, 6) is 0. The standard InChI is InChI=1S/C3H6.K.Na.2H/c1-3-2;;;;/h3H,1H2,2H3;;;;/q;2*+1;2*-1. The maximum atomic E-state index is 3.36. The van der Waals surface area contributed by atoms with Crippen LogP contribution in [0.4, 0.5) is 0 Å². The molecule has 0 unspecified atom stereocenters. The molecule has 0 rings (SSSR count). The van der Waals surface area contributed by atoms with Crippen molar-refractivity contribution in [3.63, 3.8) is 0 Å². The zero-order valence-electron chi connectivity index (χ0n) is 6.28. The molecule has 0 bridgehead atoms. The minimum Gasteiger partial charge on any atom is -1.00 e. The zero-order chi connectivity index (χ0) is 2.71. The normalized spacial score (nSPS) is 2.60. The van der Waals surface area contributed by atoms with Crippen molar-refractivity contribution in [1.82, 2.24) is 0 Å². The minimum atomic E-state index is 0. The van der Waals surface area contributed by atoms with Crippen LogP contribution in [0.25, 0.3) is 0 Å². The van der Waals surface area contributed by atoms with Gasteiger partial charge in [-0.05, 0) is 6.92 Å². The van der Waals surface area contributed by atoms with E-state index in [1.165, 1.54) is 0 Å². The van der Waals surface area contributed by atoms with E-state index in [-0.39, 0.29) is 83.8 Å². The predicted molar refractivity (Wildman–Crippen MR) is 18.1 cm³/mol. The number of hydrogen-bond acceptors (Lipinski definition) is 0. The van der Waals surface area contributed by atoms with Crippen LogP contribution in [-0.2, 0) is 0 Å². The van der Waals surface area contributed by atoms with E-state index in [2.05, 4.69) is 6.58 Å². The fourth-order valence-corrected chi connectivity index (χ4v) is 0. The molecule has 0 heterocycles. The Labute approximate surface area is 101 Å². The first kappa shape index (κ1) is 15.7. The third-order valence-electron chi connectivity index (χ3n) is 0. The number of allylic oxidation sites excluding steroid dienone is 1. The fourth-order valence-electron chi connectivity index (χ4n) is 0. The third kappa shape index (κ3) is 21.6. The van der Waals surface area contributed by atoms with Crippen molar-refractivity contribution in [1.29, 1.82) is 0 Å². The monoisotopic (exact) mass is 106 g/mol. The molecule has 0 saturated heterocycles. The Morgan fingerprint density at radius 2 is 1.80 bits per heavy atom. The first-order valence-corrected chi connectivity index (χ1v) is 0.986. The van der Waals surface area contributed by atoms with Crippen molar-refractivity contribution < 1.29 is 83.8 Å². The van der Waals surface area contributed by atoms with Gasteiger partial charge in [-0.3, -0.25) is 0 Å². The van der Waals surface area contributed by atoms with Crippen molar-refractivity contribution in [2.45, 2.75) is 6.92 Å². The molecule has 2 heteroatoms. The van der Waals surface area contributed by atoms with Crippen LogP contribution in [0.15, 0.2) is 12.7 Å². The summed E-state index contributed by atoms with van der Waals surface area (Å²) in [7, 11) is 0. The Morgan fingerprint density at radius 3 is 1.80 bits per heavy atom. The van der Waals surface area contributed by atoms with Crippen LogP contribution >= 0.6 is 0 Å². The minimum absolute atomic E-state index is 0. The zero-order valence-corrected chi connectivity index (χ0v) is 9.41. The molecule has 0 aromatic heterocycles. The van der Waals surface area contributed by atoms with E-state index in [0.717, 1.165) is 0 Å². The van der Waals surface area contributed by atoms with Crippen LogP contribution < -0.4 is 80.9 Å². The second kappa shape index (κ2) is 16.2. The Kier molecular flexibility index (Phi) is 50.6. The molecule has 5 heavy (non-hydrogen) atoms. The fraction of sp³-hybridized carbons (Fsp3) is 0.333. The van der Waals surface area contributed by atoms with Gasteiger partial charge in [-0.25, -0.2) is 0 Å². The van der Waals surface area contributed by atoms with Crippen molar-refractivity contribution in [2.24, 2.45) is 0 Å². The van der Waals surface area contributed by atoms with E-state index >= 15 is 0 Å². The molecule has 0 nitrogen and oxygen atoms in total. The van der Waals surface area contributed by atoms with E-state index in [1.54, 1.807) is 6.08 Å². The average Bonchev–Trinajstić information content (AvgIpc) is 0.918. The van der Waals surface area contributed by atoms with Gasteiger partial charge in [0, 0.05) is 0 Å².